The van der Waals surface area contributed by atoms with Crippen LogP contribution in [-0.2, 0) is 35.6 Å². The maximum absolute atomic E-state index is 14.4. The molecule has 1 saturated heterocycles. The maximum atomic E-state index is 14.4. The van der Waals surface area contributed by atoms with E-state index in [1.54, 1.807) is 41.1 Å². The van der Waals surface area contributed by atoms with Crippen LogP contribution >= 0.6 is 0 Å². The number of aryl methyl sites for hydroxylation is 2. The predicted octanol–water partition coefficient (Wildman–Crippen LogP) is 5.32. The van der Waals surface area contributed by atoms with Gasteiger partial charge in [0.15, 0.2) is 5.82 Å². The molecule has 52 heavy (non-hydrogen) atoms. The first-order valence-electron chi connectivity index (χ1n) is 18.6. The number of nitrogens with one attached hydrogen (secondary N) is 1. The number of likely N-dealkylation sites (N-methyl/N-ethyl adjacent to an activating group) is 1. The number of hydrogen-bond acceptors (Lipinski definition) is 9. The number of para-hydroxylation sites is 1. The lowest BCUT2D eigenvalue weighted by Crippen LogP contribution is -2.54. The van der Waals surface area contributed by atoms with Gasteiger partial charge in [-0.15, -0.1) is 5.10 Å². The Hall–Kier alpha value is -5.07. The fourth-order valence-electron chi connectivity index (χ4n) is 7.07. The maximum Gasteiger partial charge on any atom is 0.255 e. The number of hydrogen-bond donors (Lipinski definition) is 1. The van der Waals surface area contributed by atoms with Crippen molar-refractivity contribution in [2.24, 2.45) is 5.92 Å². The molecule has 0 radical (unpaired) electrons. The van der Waals surface area contributed by atoms with Crippen LogP contribution in [0.3, 0.4) is 0 Å². The van der Waals surface area contributed by atoms with Gasteiger partial charge < -0.3 is 24.4 Å². The average Bonchev–Trinajstić information content (AvgIpc) is 3.93. The summed E-state index contributed by atoms with van der Waals surface area (Å²) in [5, 5.41) is 15.9. The molecule has 0 saturated carbocycles. The Morgan fingerprint density at radius 2 is 1.67 bits per heavy atom. The summed E-state index contributed by atoms with van der Waals surface area (Å²) in [6.45, 7) is 5.33. The van der Waals surface area contributed by atoms with E-state index in [2.05, 4.69) is 20.8 Å². The number of nitrogens with zero attached hydrogens (tertiary/aromatic N) is 7. The van der Waals surface area contributed by atoms with Crippen LogP contribution in [0.15, 0.2) is 65.3 Å². The van der Waals surface area contributed by atoms with Gasteiger partial charge in [-0.2, -0.15) is 4.98 Å². The molecule has 13 heteroatoms. The Morgan fingerprint density at radius 3 is 2.50 bits per heavy atom. The molecule has 0 aliphatic carbocycles. The van der Waals surface area contributed by atoms with E-state index in [-0.39, 0.29) is 24.3 Å². The lowest BCUT2D eigenvalue weighted by Gasteiger charge is -2.34. The summed E-state index contributed by atoms with van der Waals surface area (Å²) in [7, 11) is 1.76. The van der Waals surface area contributed by atoms with E-state index in [9.17, 15) is 14.4 Å². The summed E-state index contributed by atoms with van der Waals surface area (Å²) in [6, 6.07) is 14.9. The molecule has 2 aromatic carbocycles. The fraction of sp³-hybridized carbons (Fsp3) is 0.513. The lowest BCUT2D eigenvalue weighted by molar-refractivity contribution is -0.145. The van der Waals surface area contributed by atoms with Crippen molar-refractivity contribution in [2.45, 2.75) is 109 Å². The Balaban J connectivity index is 1.28. The number of benzene rings is 2. The zero-order valence-corrected chi connectivity index (χ0v) is 30.4. The third-order valence-corrected chi connectivity index (χ3v) is 9.87. The molecule has 2 aromatic heterocycles. The predicted molar refractivity (Wildman–Crippen MR) is 193 cm³/mol. The third-order valence-electron chi connectivity index (χ3n) is 9.87. The van der Waals surface area contributed by atoms with Gasteiger partial charge in [0, 0.05) is 33.0 Å². The van der Waals surface area contributed by atoms with Gasteiger partial charge in [-0.25, -0.2) is 0 Å². The second-order valence-corrected chi connectivity index (χ2v) is 14.3. The minimum absolute atomic E-state index is 0.103. The highest BCUT2D eigenvalue weighted by Crippen LogP contribution is 2.28. The van der Waals surface area contributed by atoms with Gasteiger partial charge in [0.25, 0.3) is 5.91 Å². The summed E-state index contributed by atoms with van der Waals surface area (Å²) >= 11 is 0. The SMILES string of the molecule is CC(C)CC1NC(=O)c2ccccc2OCc2cn(nn2)CCCCCCCc2nc(no2)[C@H](Cc2ccccc2)N(C)C(=O)[C@H]2CCCN2C1=O. The molecule has 276 valence electrons. The number of ether oxygens (including phenoxy) is 1. The molecule has 2 aliphatic heterocycles. The van der Waals surface area contributed by atoms with Crippen LogP contribution in [0.1, 0.15) is 105 Å². The van der Waals surface area contributed by atoms with Crippen molar-refractivity contribution >= 4 is 17.7 Å². The van der Waals surface area contributed by atoms with Gasteiger partial charge in [-0.05, 0) is 55.7 Å². The van der Waals surface area contributed by atoms with Crippen LogP contribution < -0.4 is 10.1 Å². The number of carbonyl (C=O) groups excluding carboxylic acids is 3. The van der Waals surface area contributed by atoms with Gasteiger partial charge in [0.05, 0.1) is 17.8 Å². The summed E-state index contributed by atoms with van der Waals surface area (Å²) in [6.07, 6.45) is 9.64. The first kappa shape index (κ1) is 36.7. The molecule has 3 atom stereocenters. The summed E-state index contributed by atoms with van der Waals surface area (Å²) in [4.78, 5) is 50.6. The first-order chi connectivity index (χ1) is 25.3. The van der Waals surface area contributed by atoms with Crippen LogP contribution in [-0.4, -0.2) is 78.3 Å². The van der Waals surface area contributed by atoms with Crippen molar-refractivity contribution in [3.8, 4) is 5.75 Å². The minimum atomic E-state index is -0.836. The van der Waals surface area contributed by atoms with Gasteiger partial charge in [0.2, 0.25) is 17.7 Å². The number of rotatable bonds is 4. The van der Waals surface area contributed by atoms with E-state index in [0.717, 1.165) is 44.2 Å². The topological polar surface area (TPSA) is 149 Å². The summed E-state index contributed by atoms with van der Waals surface area (Å²) < 4.78 is 13.6. The largest absolute Gasteiger partial charge is 0.486 e. The molecule has 3 amide bonds. The van der Waals surface area contributed by atoms with E-state index in [1.807, 2.05) is 55.1 Å². The summed E-state index contributed by atoms with van der Waals surface area (Å²) in [5.74, 6) is 0.607. The molecule has 1 fully saturated rings. The molecular weight excluding hydrogens is 660 g/mol. The zero-order valence-electron chi connectivity index (χ0n) is 30.4. The summed E-state index contributed by atoms with van der Waals surface area (Å²) in [5.41, 5.74) is 2.00. The smallest absolute Gasteiger partial charge is 0.255 e. The van der Waals surface area contributed by atoms with E-state index in [1.165, 1.54) is 0 Å². The molecule has 13 nitrogen and oxygen atoms in total. The third kappa shape index (κ3) is 9.23. The normalized spacial score (nSPS) is 21.4. The molecule has 4 heterocycles. The van der Waals surface area contributed by atoms with Crippen molar-refractivity contribution in [1.29, 1.82) is 0 Å². The number of aromatic nitrogens is 5. The van der Waals surface area contributed by atoms with E-state index >= 15 is 0 Å². The second-order valence-electron chi connectivity index (χ2n) is 14.3. The first-order valence-corrected chi connectivity index (χ1v) is 18.6. The molecule has 2 aliphatic rings. The Labute approximate surface area is 305 Å². The van der Waals surface area contributed by atoms with E-state index in [4.69, 9.17) is 14.2 Å². The van der Waals surface area contributed by atoms with Gasteiger partial charge >= 0.3 is 0 Å². The monoisotopic (exact) mass is 710 g/mol. The Morgan fingerprint density at radius 1 is 0.904 bits per heavy atom. The van der Waals surface area contributed by atoms with Crippen LogP contribution in [0, 0.1) is 5.92 Å². The Bertz CT molecular complexity index is 1790. The molecule has 1 N–H and O–H groups in total. The van der Waals surface area contributed by atoms with E-state index in [0.29, 0.717) is 67.4 Å². The highest BCUT2D eigenvalue weighted by atomic mass is 16.5. The van der Waals surface area contributed by atoms with Gasteiger partial charge in [-0.3, -0.25) is 19.1 Å². The quantitative estimate of drug-likeness (QED) is 0.297. The van der Waals surface area contributed by atoms with Gasteiger partial charge in [-0.1, -0.05) is 85.9 Å². The van der Waals surface area contributed by atoms with Crippen LogP contribution in [0.5, 0.6) is 5.75 Å². The van der Waals surface area contributed by atoms with Crippen LogP contribution in [0.2, 0.25) is 0 Å². The lowest BCUT2D eigenvalue weighted by atomic mass is 10.0. The fourth-order valence-corrected chi connectivity index (χ4v) is 7.07. The van der Waals surface area contributed by atoms with Crippen molar-refractivity contribution in [2.75, 3.05) is 13.6 Å². The molecular formula is C39H50N8O5. The van der Waals surface area contributed by atoms with Crippen LogP contribution in [0.25, 0.3) is 0 Å². The van der Waals surface area contributed by atoms with Crippen molar-refractivity contribution in [1.82, 2.24) is 40.3 Å². The molecule has 4 bridgehead atoms. The van der Waals surface area contributed by atoms with E-state index < -0.39 is 24.0 Å². The minimum Gasteiger partial charge on any atom is -0.486 e. The number of amides is 3. The standard InChI is InChI=1S/C39H50N8O5/c1-27(2)23-31-38(49)47-22-14-18-32(47)39(50)45(3)33(24-28-15-8-7-9-16-28)36-41-35(52-43-36)20-10-5-4-6-13-21-46-25-29(42-44-46)26-51-34-19-12-11-17-30(34)37(48)40-31/h7-9,11-12,15-17,19,25,27,31-33H,4-6,10,13-14,18,20-24,26H2,1-3H3,(H,40,48)/t31?,32-,33+/m1/s1. The second kappa shape index (κ2) is 17.4. The zero-order chi connectivity index (χ0) is 36.5. The molecule has 6 rings (SSSR count). The number of fused-ring (bicyclic) bond motifs is 6. The molecule has 1 unspecified atom stereocenters. The van der Waals surface area contributed by atoms with Crippen molar-refractivity contribution in [3.63, 3.8) is 0 Å². The Kier molecular flexibility index (Phi) is 12.3. The van der Waals surface area contributed by atoms with Gasteiger partial charge in [0.1, 0.15) is 30.1 Å². The van der Waals surface area contributed by atoms with Crippen molar-refractivity contribution < 1.29 is 23.6 Å². The average molecular weight is 711 g/mol. The molecule has 0 spiro atoms. The van der Waals surface area contributed by atoms with Crippen molar-refractivity contribution in [3.05, 3.63) is 89.3 Å². The molecule has 4 aromatic rings. The highest BCUT2D eigenvalue weighted by molar-refractivity contribution is 6.00. The van der Waals surface area contributed by atoms with Crippen LogP contribution in [0.4, 0.5) is 0 Å². The highest BCUT2D eigenvalue weighted by Gasteiger charge is 2.41. The number of carbonyl (C=O) groups is 3.